The molecule has 1 unspecified atom stereocenters. The summed E-state index contributed by atoms with van der Waals surface area (Å²) in [5.74, 6) is 4.32. The molecule has 0 radical (unpaired) electrons. The van der Waals surface area contributed by atoms with E-state index in [0.29, 0.717) is 5.57 Å². The minimum absolute atomic E-state index is 0.0643. The number of carbonyl (C=O) groups is 1. The van der Waals surface area contributed by atoms with Crippen molar-refractivity contribution < 1.29 is 14.6 Å². The number of esters is 1. The van der Waals surface area contributed by atoms with Crippen LogP contribution in [0, 0.1) is 30.1 Å². The maximum atomic E-state index is 11.7. The number of carbonyl (C=O) groups excluding carboxylic acids is 1. The molecule has 1 aliphatic carbocycles. The first-order valence-electron chi connectivity index (χ1n) is 4.79. The monoisotopic (exact) mass is 216 g/mol. The molecule has 3 heteroatoms. The van der Waals surface area contributed by atoms with Gasteiger partial charge in [0.25, 0.3) is 0 Å². The standard InChI is InChI=1S/C13H12O3/c1-3-11-6-5-7-13(4-2,10-11)12(15)16-9-8-14/h1-2,5-7,14H,8-10H2. The van der Waals surface area contributed by atoms with Crippen LogP contribution in [0.5, 0.6) is 0 Å². The van der Waals surface area contributed by atoms with Gasteiger partial charge in [0, 0.05) is 12.0 Å². The van der Waals surface area contributed by atoms with Crippen LogP contribution in [0.4, 0.5) is 0 Å². The second-order valence-corrected chi connectivity index (χ2v) is 3.35. The number of ether oxygens (including phenoxy) is 1. The lowest BCUT2D eigenvalue weighted by atomic mass is 9.79. The highest BCUT2D eigenvalue weighted by Crippen LogP contribution is 2.32. The zero-order valence-corrected chi connectivity index (χ0v) is 8.77. The van der Waals surface area contributed by atoms with E-state index >= 15 is 0 Å². The number of rotatable bonds is 3. The van der Waals surface area contributed by atoms with Crippen LogP contribution in [0.3, 0.4) is 0 Å². The van der Waals surface area contributed by atoms with Crippen molar-refractivity contribution in [2.75, 3.05) is 13.2 Å². The zero-order valence-electron chi connectivity index (χ0n) is 8.77. The number of aliphatic hydroxyl groups excluding tert-OH is 1. The third kappa shape index (κ3) is 2.34. The zero-order chi connectivity index (χ0) is 12.0. The molecule has 0 heterocycles. The molecule has 0 amide bonds. The summed E-state index contributed by atoms with van der Waals surface area (Å²) in [5, 5.41) is 8.58. The summed E-state index contributed by atoms with van der Waals surface area (Å²) in [6.07, 6.45) is 15.9. The van der Waals surface area contributed by atoms with E-state index in [9.17, 15) is 4.79 Å². The molecule has 0 aromatic carbocycles. The van der Waals surface area contributed by atoms with Gasteiger partial charge in [0.1, 0.15) is 6.61 Å². The van der Waals surface area contributed by atoms with Crippen LogP contribution < -0.4 is 0 Å². The van der Waals surface area contributed by atoms with Gasteiger partial charge in [-0.1, -0.05) is 30.1 Å². The first kappa shape index (κ1) is 12.1. The number of aliphatic hydroxyl groups is 1. The SMILES string of the molecule is C#CC1=CC=CC(C#C)(C(=O)OCCO)C1. The summed E-state index contributed by atoms with van der Waals surface area (Å²) in [6, 6.07) is 0. The fourth-order valence-electron chi connectivity index (χ4n) is 1.41. The Balaban J connectivity index is 2.86. The summed E-state index contributed by atoms with van der Waals surface area (Å²) in [7, 11) is 0. The lowest BCUT2D eigenvalue weighted by Crippen LogP contribution is -2.31. The Morgan fingerprint density at radius 3 is 2.94 bits per heavy atom. The average molecular weight is 216 g/mol. The van der Waals surface area contributed by atoms with Gasteiger partial charge in [-0.3, -0.25) is 4.79 Å². The Morgan fingerprint density at radius 2 is 2.38 bits per heavy atom. The summed E-state index contributed by atoms with van der Waals surface area (Å²) < 4.78 is 4.84. The van der Waals surface area contributed by atoms with E-state index in [0.717, 1.165) is 0 Å². The van der Waals surface area contributed by atoms with Crippen LogP contribution in [0.1, 0.15) is 6.42 Å². The van der Waals surface area contributed by atoms with E-state index < -0.39 is 11.4 Å². The minimum Gasteiger partial charge on any atom is -0.462 e. The number of allylic oxidation sites excluding steroid dienone is 3. The van der Waals surface area contributed by atoms with Crippen LogP contribution in [-0.4, -0.2) is 24.3 Å². The maximum absolute atomic E-state index is 11.7. The van der Waals surface area contributed by atoms with E-state index in [2.05, 4.69) is 11.8 Å². The molecule has 0 spiro atoms. The Labute approximate surface area is 94.8 Å². The molecule has 3 nitrogen and oxygen atoms in total. The third-order valence-corrected chi connectivity index (χ3v) is 2.28. The van der Waals surface area contributed by atoms with Gasteiger partial charge in [-0.15, -0.1) is 12.8 Å². The molecule has 16 heavy (non-hydrogen) atoms. The van der Waals surface area contributed by atoms with Gasteiger partial charge < -0.3 is 9.84 Å². The predicted molar refractivity (Wildman–Crippen MR) is 60.0 cm³/mol. The van der Waals surface area contributed by atoms with Crippen molar-refractivity contribution in [3.05, 3.63) is 23.8 Å². The molecule has 1 N–H and O–H groups in total. The molecule has 82 valence electrons. The molecular formula is C13H12O3. The predicted octanol–water partition coefficient (Wildman–Crippen LogP) is 0.661. The summed E-state index contributed by atoms with van der Waals surface area (Å²) in [4.78, 5) is 11.7. The van der Waals surface area contributed by atoms with Crippen molar-refractivity contribution in [3.8, 4) is 24.7 Å². The highest BCUT2D eigenvalue weighted by Gasteiger charge is 2.37. The summed E-state index contributed by atoms with van der Waals surface area (Å²) >= 11 is 0. The maximum Gasteiger partial charge on any atom is 0.328 e. The number of hydrogen-bond donors (Lipinski definition) is 1. The molecule has 0 bridgehead atoms. The molecule has 1 atom stereocenters. The normalized spacial score (nSPS) is 22.8. The molecule has 0 saturated heterocycles. The van der Waals surface area contributed by atoms with Crippen molar-refractivity contribution in [1.29, 1.82) is 0 Å². The molecule has 0 saturated carbocycles. The fourth-order valence-corrected chi connectivity index (χ4v) is 1.41. The van der Waals surface area contributed by atoms with Crippen molar-refractivity contribution in [1.82, 2.24) is 0 Å². The van der Waals surface area contributed by atoms with E-state index in [1.165, 1.54) is 0 Å². The highest BCUT2D eigenvalue weighted by molar-refractivity contribution is 5.84. The van der Waals surface area contributed by atoms with Crippen LogP contribution in [-0.2, 0) is 9.53 Å². The lowest BCUT2D eigenvalue weighted by Gasteiger charge is -2.24. The summed E-state index contributed by atoms with van der Waals surface area (Å²) in [6.45, 7) is -0.293. The lowest BCUT2D eigenvalue weighted by molar-refractivity contribution is -0.151. The van der Waals surface area contributed by atoms with Gasteiger partial charge in [0.2, 0.25) is 0 Å². The molecule has 0 aromatic heterocycles. The average Bonchev–Trinajstić information content (AvgIpc) is 2.35. The highest BCUT2D eigenvalue weighted by atomic mass is 16.5. The Kier molecular flexibility index (Phi) is 3.94. The van der Waals surface area contributed by atoms with Gasteiger partial charge in [0.15, 0.2) is 5.41 Å². The van der Waals surface area contributed by atoms with Gasteiger partial charge in [0.05, 0.1) is 6.61 Å². The van der Waals surface area contributed by atoms with Crippen molar-refractivity contribution in [2.24, 2.45) is 5.41 Å². The fraction of sp³-hybridized carbons (Fsp3) is 0.308. The smallest absolute Gasteiger partial charge is 0.328 e. The van der Waals surface area contributed by atoms with E-state index in [1.807, 2.05) is 0 Å². The summed E-state index contributed by atoms with van der Waals surface area (Å²) in [5.41, 5.74) is -0.479. The minimum atomic E-state index is -1.13. The Hall–Kier alpha value is -1.97. The molecule has 0 fully saturated rings. The third-order valence-electron chi connectivity index (χ3n) is 2.28. The largest absolute Gasteiger partial charge is 0.462 e. The van der Waals surface area contributed by atoms with Crippen LogP contribution in [0.2, 0.25) is 0 Å². The first-order chi connectivity index (χ1) is 7.68. The van der Waals surface area contributed by atoms with E-state index in [4.69, 9.17) is 22.7 Å². The van der Waals surface area contributed by atoms with Gasteiger partial charge in [-0.2, -0.15) is 0 Å². The Morgan fingerprint density at radius 1 is 1.62 bits per heavy atom. The first-order valence-corrected chi connectivity index (χ1v) is 4.79. The van der Waals surface area contributed by atoms with Crippen LogP contribution >= 0.6 is 0 Å². The van der Waals surface area contributed by atoms with Crippen molar-refractivity contribution in [3.63, 3.8) is 0 Å². The van der Waals surface area contributed by atoms with Crippen LogP contribution in [0.25, 0.3) is 0 Å². The second kappa shape index (κ2) is 5.21. The molecular weight excluding hydrogens is 204 g/mol. The van der Waals surface area contributed by atoms with E-state index in [-0.39, 0.29) is 19.6 Å². The van der Waals surface area contributed by atoms with Gasteiger partial charge >= 0.3 is 5.97 Å². The number of terminal acetylenes is 2. The molecule has 1 rings (SSSR count). The molecule has 0 aliphatic heterocycles. The quantitative estimate of drug-likeness (QED) is 0.557. The van der Waals surface area contributed by atoms with Crippen molar-refractivity contribution in [2.45, 2.75) is 6.42 Å². The molecule has 1 aliphatic rings. The van der Waals surface area contributed by atoms with E-state index in [1.54, 1.807) is 18.2 Å². The molecule has 0 aromatic rings. The second-order valence-electron chi connectivity index (χ2n) is 3.35. The Bertz CT molecular complexity index is 417. The number of hydrogen-bond acceptors (Lipinski definition) is 3. The van der Waals surface area contributed by atoms with Gasteiger partial charge in [-0.25, -0.2) is 0 Å². The van der Waals surface area contributed by atoms with Crippen LogP contribution in [0.15, 0.2) is 23.8 Å². The topological polar surface area (TPSA) is 46.5 Å². The van der Waals surface area contributed by atoms with Crippen molar-refractivity contribution >= 4 is 5.97 Å². The van der Waals surface area contributed by atoms with Gasteiger partial charge in [-0.05, 0) is 0 Å².